The molecular formula is C20H19FN2O2. The molecule has 25 heavy (non-hydrogen) atoms. The van der Waals surface area contributed by atoms with E-state index in [1.165, 1.54) is 18.2 Å². The number of nitrogens with zero attached hydrogens (tertiary/aromatic N) is 1. The summed E-state index contributed by atoms with van der Waals surface area (Å²) >= 11 is 0. The summed E-state index contributed by atoms with van der Waals surface area (Å²) in [6, 6.07) is 9.81. The zero-order chi connectivity index (χ0) is 17.7. The van der Waals surface area contributed by atoms with Gasteiger partial charge in [-0.2, -0.15) is 0 Å². The molecule has 2 aromatic carbocycles. The molecule has 0 spiro atoms. The second kappa shape index (κ2) is 5.70. The molecule has 1 aliphatic heterocycles. The van der Waals surface area contributed by atoms with E-state index in [0.717, 1.165) is 22.3 Å². The monoisotopic (exact) mass is 338 g/mol. The van der Waals surface area contributed by atoms with Gasteiger partial charge in [0.1, 0.15) is 11.4 Å². The molecule has 1 unspecified atom stereocenters. The summed E-state index contributed by atoms with van der Waals surface area (Å²) in [5.74, 6) is 0.232. The number of rotatable bonds is 2. The van der Waals surface area contributed by atoms with Gasteiger partial charge >= 0.3 is 0 Å². The van der Waals surface area contributed by atoms with Gasteiger partial charge in [0.25, 0.3) is 0 Å². The highest BCUT2D eigenvalue weighted by molar-refractivity contribution is 5.82. The summed E-state index contributed by atoms with van der Waals surface area (Å²) in [5.41, 5.74) is 10.3. The van der Waals surface area contributed by atoms with Gasteiger partial charge in [0, 0.05) is 30.8 Å². The van der Waals surface area contributed by atoms with Crippen LogP contribution in [0.2, 0.25) is 0 Å². The summed E-state index contributed by atoms with van der Waals surface area (Å²) in [5, 5.41) is 0.541. The summed E-state index contributed by atoms with van der Waals surface area (Å²) in [6.07, 6.45) is 0. The second-order valence-corrected chi connectivity index (χ2v) is 6.74. The Morgan fingerprint density at radius 3 is 2.68 bits per heavy atom. The normalized spacial score (nSPS) is 14.8. The first kappa shape index (κ1) is 15.8. The van der Waals surface area contributed by atoms with E-state index in [-0.39, 0.29) is 17.3 Å². The van der Waals surface area contributed by atoms with E-state index in [4.69, 9.17) is 10.2 Å². The van der Waals surface area contributed by atoms with Gasteiger partial charge in [-0.25, -0.2) is 4.39 Å². The van der Waals surface area contributed by atoms with Crippen molar-refractivity contribution in [2.45, 2.75) is 33.0 Å². The van der Waals surface area contributed by atoms with E-state index < -0.39 is 0 Å². The van der Waals surface area contributed by atoms with Crippen molar-refractivity contribution in [3.05, 3.63) is 74.7 Å². The maximum atomic E-state index is 13.4. The number of aryl methyl sites for hydroxylation is 1. The first-order chi connectivity index (χ1) is 11.9. The Kier molecular flexibility index (Phi) is 3.62. The van der Waals surface area contributed by atoms with E-state index in [1.807, 2.05) is 30.9 Å². The number of halogens is 1. The van der Waals surface area contributed by atoms with Gasteiger partial charge in [0.15, 0.2) is 5.43 Å². The highest BCUT2D eigenvalue weighted by Crippen LogP contribution is 2.31. The third-order valence-electron chi connectivity index (χ3n) is 4.68. The highest BCUT2D eigenvalue weighted by Gasteiger charge is 2.23. The summed E-state index contributed by atoms with van der Waals surface area (Å²) in [7, 11) is 0. The first-order valence-electron chi connectivity index (χ1n) is 8.28. The molecule has 2 heterocycles. The molecule has 1 aromatic heterocycles. The summed E-state index contributed by atoms with van der Waals surface area (Å²) in [6.45, 7) is 4.91. The molecule has 4 rings (SSSR count). The lowest BCUT2D eigenvalue weighted by molar-refractivity contribution is 0.568. The average molecular weight is 338 g/mol. The largest absolute Gasteiger partial charge is 0.440 e. The molecule has 0 saturated heterocycles. The van der Waals surface area contributed by atoms with Gasteiger partial charge in [-0.15, -0.1) is 0 Å². The van der Waals surface area contributed by atoms with Crippen LogP contribution < -0.4 is 16.1 Å². The fourth-order valence-corrected chi connectivity index (χ4v) is 3.44. The molecule has 0 saturated carbocycles. The van der Waals surface area contributed by atoms with E-state index in [2.05, 4.69) is 0 Å². The first-order valence-corrected chi connectivity index (χ1v) is 8.28. The Morgan fingerprint density at radius 2 is 1.92 bits per heavy atom. The smallest absolute Gasteiger partial charge is 0.200 e. The third-order valence-corrected chi connectivity index (χ3v) is 4.68. The molecule has 3 aromatic rings. The van der Waals surface area contributed by atoms with Crippen LogP contribution in [0.5, 0.6) is 0 Å². The van der Waals surface area contributed by atoms with Gasteiger partial charge in [0.05, 0.1) is 5.39 Å². The van der Waals surface area contributed by atoms with Crippen LogP contribution in [-0.2, 0) is 13.1 Å². The zero-order valence-electron chi connectivity index (χ0n) is 14.2. The zero-order valence-corrected chi connectivity index (χ0v) is 14.2. The number of hydrogen-bond acceptors (Lipinski definition) is 4. The Hall–Kier alpha value is -2.66. The predicted molar refractivity (Wildman–Crippen MR) is 96.1 cm³/mol. The molecule has 0 fully saturated rings. The Balaban J connectivity index is 1.83. The number of hydrogen-bond donors (Lipinski definition) is 1. The topological polar surface area (TPSA) is 59.5 Å². The van der Waals surface area contributed by atoms with Crippen LogP contribution in [0.15, 0.2) is 45.6 Å². The molecule has 1 atom stereocenters. The van der Waals surface area contributed by atoms with Gasteiger partial charge < -0.3 is 15.1 Å². The maximum Gasteiger partial charge on any atom is 0.200 e. The summed E-state index contributed by atoms with van der Waals surface area (Å²) < 4.78 is 19.5. The van der Waals surface area contributed by atoms with Crippen LogP contribution in [0.1, 0.15) is 35.2 Å². The number of fused-ring (bicyclic) bond motifs is 2. The van der Waals surface area contributed by atoms with Crippen LogP contribution in [0.25, 0.3) is 11.0 Å². The van der Waals surface area contributed by atoms with Crippen molar-refractivity contribution >= 4 is 16.9 Å². The molecule has 0 radical (unpaired) electrons. The second-order valence-electron chi connectivity index (χ2n) is 6.74. The third kappa shape index (κ3) is 2.70. The Labute approximate surface area is 144 Å². The van der Waals surface area contributed by atoms with Crippen molar-refractivity contribution in [3.8, 4) is 0 Å². The van der Waals surface area contributed by atoms with E-state index >= 15 is 0 Å². The van der Waals surface area contributed by atoms with Crippen molar-refractivity contribution in [3.63, 3.8) is 0 Å². The van der Waals surface area contributed by atoms with Crippen molar-refractivity contribution in [2.24, 2.45) is 5.73 Å². The van der Waals surface area contributed by atoms with E-state index in [9.17, 15) is 9.18 Å². The standard InChI is InChI=1S/C20H19FN2O2/c1-11-5-16(12(2)22)20-17(6-11)18(24)8-19(25-20)23-9-13-3-4-15(21)7-14(13)10-23/h3-8,12H,9-10,22H2,1-2H3. The molecule has 1 aliphatic rings. The minimum Gasteiger partial charge on any atom is -0.440 e. The van der Waals surface area contributed by atoms with Gasteiger partial charge in [-0.05, 0) is 48.7 Å². The molecule has 128 valence electrons. The van der Waals surface area contributed by atoms with Crippen LogP contribution in [-0.4, -0.2) is 0 Å². The molecule has 0 bridgehead atoms. The SMILES string of the molecule is Cc1cc(C(C)N)c2oc(N3Cc4ccc(F)cc4C3)cc(=O)c2c1. The lowest BCUT2D eigenvalue weighted by atomic mass is 10.0. The van der Waals surface area contributed by atoms with Crippen LogP contribution >= 0.6 is 0 Å². The Bertz CT molecular complexity index is 1040. The average Bonchev–Trinajstić information content (AvgIpc) is 2.97. The van der Waals surface area contributed by atoms with E-state index in [1.54, 1.807) is 6.07 Å². The van der Waals surface area contributed by atoms with Gasteiger partial charge in [0.2, 0.25) is 5.88 Å². The van der Waals surface area contributed by atoms with Crippen LogP contribution in [0.4, 0.5) is 10.3 Å². The van der Waals surface area contributed by atoms with E-state index in [0.29, 0.717) is 29.9 Å². The summed E-state index contributed by atoms with van der Waals surface area (Å²) in [4.78, 5) is 14.6. The molecular weight excluding hydrogens is 319 g/mol. The molecule has 2 N–H and O–H groups in total. The fraction of sp³-hybridized carbons (Fsp3) is 0.250. The number of anilines is 1. The fourth-order valence-electron chi connectivity index (χ4n) is 3.44. The Morgan fingerprint density at radius 1 is 1.16 bits per heavy atom. The molecule has 0 amide bonds. The van der Waals surface area contributed by atoms with Crippen molar-refractivity contribution in [2.75, 3.05) is 4.90 Å². The number of nitrogens with two attached hydrogens (primary N) is 1. The predicted octanol–water partition coefficient (Wildman–Crippen LogP) is 3.78. The van der Waals surface area contributed by atoms with Crippen molar-refractivity contribution < 1.29 is 8.81 Å². The van der Waals surface area contributed by atoms with Gasteiger partial charge in [-0.3, -0.25) is 4.79 Å². The molecule has 0 aliphatic carbocycles. The van der Waals surface area contributed by atoms with Crippen LogP contribution in [0, 0.1) is 12.7 Å². The molecule has 5 heteroatoms. The van der Waals surface area contributed by atoms with Gasteiger partial charge in [-0.1, -0.05) is 12.1 Å². The van der Waals surface area contributed by atoms with Crippen LogP contribution in [0.3, 0.4) is 0 Å². The minimum absolute atomic E-state index is 0.0935. The lowest BCUT2D eigenvalue weighted by Crippen LogP contribution is -2.17. The van der Waals surface area contributed by atoms with Crippen molar-refractivity contribution in [1.29, 1.82) is 0 Å². The quantitative estimate of drug-likeness (QED) is 0.772. The highest BCUT2D eigenvalue weighted by atomic mass is 19.1. The number of benzene rings is 2. The molecule has 4 nitrogen and oxygen atoms in total. The minimum atomic E-state index is -0.254. The lowest BCUT2D eigenvalue weighted by Gasteiger charge is -2.18. The van der Waals surface area contributed by atoms with Crippen molar-refractivity contribution in [1.82, 2.24) is 0 Å². The maximum absolute atomic E-state index is 13.4.